The highest BCUT2D eigenvalue weighted by molar-refractivity contribution is 5.57. The van der Waals surface area contributed by atoms with Crippen molar-refractivity contribution in [2.75, 3.05) is 17.7 Å². The van der Waals surface area contributed by atoms with E-state index in [4.69, 9.17) is 4.98 Å². The van der Waals surface area contributed by atoms with E-state index < -0.39 is 0 Å². The molecule has 0 saturated heterocycles. The summed E-state index contributed by atoms with van der Waals surface area (Å²) in [5.41, 5.74) is 1.13. The minimum absolute atomic E-state index is 0.572. The number of hydrogen-bond acceptors (Lipinski definition) is 4. The first-order valence-electron chi connectivity index (χ1n) is 7.45. The third-order valence-electron chi connectivity index (χ3n) is 3.94. The Bertz CT molecular complexity index is 430. The SMILES string of the molecule is CCCc1nc(NC)c(C)c(NC2CCC(C)C2)n1. The fraction of sp³-hybridized carbons (Fsp3) is 0.733. The highest BCUT2D eigenvalue weighted by Crippen LogP contribution is 2.29. The molecule has 1 aromatic heterocycles. The second kappa shape index (κ2) is 6.22. The Labute approximate surface area is 116 Å². The molecule has 1 saturated carbocycles. The lowest BCUT2D eigenvalue weighted by Gasteiger charge is -2.17. The fourth-order valence-electron chi connectivity index (χ4n) is 2.81. The second-order valence-electron chi connectivity index (χ2n) is 5.72. The van der Waals surface area contributed by atoms with Crippen LogP contribution >= 0.6 is 0 Å². The summed E-state index contributed by atoms with van der Waals surface area (Å²) in [7, 11) is 1.92. The van der Waals surface area contributed by atoms with Gasteiger partial charge >= 0.3 is 0 Å². The Balaban J connectivity index is 2.19. The molecule has 2 rings (SSSR count). The number of rotatable bonds is 5. The minimum Gasteiger partial charge on any atom is -0.373 e. The average molecular weight is 262 g/mol. The normalized spacial score (nSPS) is 22.5. The van der Waals surface area contributed by atoms with E-state index in [1.807, 2.05) is 7.05 Å². The summed E-state index contributed by atoms with van der Waals surface area (Å²) in [6, 6.07) is 0.572. The van der Waals surface area contributed by atoms with Gasteiger partial charge in [0.05, 0.1) is 0 Å². The van der Waals surface area contributed by atoms with Gasteiger partial charge in [-0.3, -0.25) is 0 Å². The highest BCUT2D eigenvalue weighted by atomic mass is 15.1. The van der Waals surface area contributed by atoms with Crippen LogP contribution in [0.25, 0.3) is 0 Å². The van der Waals surface area contributed by atoms with Crippen LogP contribution in [0.1, 0.15) is 50.9 Å². The molecule has 19 heavy (non-hydrogen) atoms. The van der Waals surface area contributed by atoms with Crippen molar-refractivity contribution in [2.24, 2.45) is 5.92 Å². The largest absolute Gasteiger partial charge is 0.373 e. The van der Waals surface area contributed by atoms with Gasteiger partial charge in [0.1, 0.15) is 17.5 Å². The maximum atomic E-state index is 4.70. The van der Waals surface area contributed by atoms with Crippen LogP contribution in [-0.4, -0.2) is 23.1 Å². The molecule has 0 radical (unpaired) electrons. The second-order valence-corrected chi connectivity index (χ2v) is 5.72. The van der Waals surface area contributed by atoms with Crippen LogP contribution in [-0.2, 0) is 6.42 Å². The molecule has 0 aromatic carbocycles. The topological polar surface area (TPSA) is 49.8 Å². The van der Waals surface area contributed by atoms with E-state index >= 15 is 0 Å². The lowest BCUT2D eigenvalue weighted by Crippen LogP contribution is -2.19. The van der Waals surface area contributed by atoms with Crippen molar-refractivity contribution in [1.82, 2.24) is 9.97 Å². The zero-order valence-electron chi connectivity index (χ0n) is 12.6. The molecule has 2 atom stereocenters. The Morgan fingerprint density at radius 1 is 1.21 bits per heavy atom. The van der Waals surface area contributed by atoms with E-state index in [0.717, 1.165) is 41.8 Å². The Morgan fingerprint density at radius 3 is 2.53 bits per heavy atom. The summed E-state index contributed by atoms with van der Waals surface area (Å²) in [4.78, 5) is 9.27. The van der Waals surface area contributed by atoms with E-state index in [0.29, 0.717) is 6.04 Å². The molecule has 1 aliphatic rings. The van der Waals surface area contributed by atoms with E-state index in [2.05, 4.69) is 36.4 Å². The number of hydrogen-bond donors (Lipinski definition) is 2. The van der Waals surface area contributed by atoms with E-state index in [9.17, 15) is 0 Å². The predicted molar refractivity (Wildman–Crippen MR) is 80.7 cm³/mol. The quantitative estimate of drug-likeness (QED) is 0.854. The molecule has 1 aromatic rings. The van der Waals surface area contributed by atoms with Crippen LogP contribution in [0.2, 0.25) is 0 Å². The van der Waals surface area contributed by atoms with Gasteiger partial charge in [-0.1, -0.05) is 13.8 Å². The summed E-state index contributed by atoms with van der Waals surface area (Å²) in [6.07, 6.45) is 5.84. The Kier molecular flexibility index (Phi) is 4.61. The molecule has 2 N–H and O–H groups in total. The first-order chi connectivity index (χ1) is 9.13. The van der Waals surface area contributed by atoms with Gasteiger partial charge in [-0.05, 0) is 38.5 Å². The molecule has 1 aliphatic carbocycles. The maximum Gasteiger partial charge on any atom is 0.134 e. The maximum absolute atomic E-state index is 4.70. The fourth-order valence-corrected chi connectivity index (χ4v) is 2.81. The number of nitrogens with one attached hydrogen (secondary N) is 2. The summed E-state index contributed by atoms with van der Waals surface area (Å²) < 4.78 is 0. The number of nitrogens with zero attached hydrogens (tertiary/aromatic N) is 2. The van der Waals surface area contributed by atoms with E-state index in [-0.39, 0.29) is 0 Å². The molecular weight excluding hydrogens is 236 g/mol. The molecule has 4 nitrogen and oxygen atoms in total. The Morgan fingerprint density at radius 2 is 1.95 bits per heavy atom. The molecule has 1 fully saturated rings. The molecule has 0 bridgehead atoms. The van der Waals surface area contributed by atoms with Crippen molar-refractivity contribution in [3.8, 4) is 0 Å². The van der Waals surface area contributed by atoms with Crippen LogP contribution in [0.5, 0.6) is 0 Å². The molecular formula is C15H26N4. The molecule has 0 spiro atoms. The average Bonchev–Trinajstić information content (AvgIpc) is 2.79. The van der Waals surface area contributed by atoms with Gasteiger partial charge in [0.15, 0.2) is 0 Å². The van der Waals surface area contributed by atoms with Crippen molar-refractivity contribution in [2.45, 2.75) is 58.9 Å². The van der Waals surface area contributed by atoms with Crippen molar-refractivity contribution < 1.29 is 0 Å². The lowest BCUT2D eigenvalue weighted by molar-refractivity contribution is 0.602. The Hall–Kier alpha value is -1.32. The van der Waals surface area contributed by atoms with Crippen molar-refractivity contribution in [3.63, 3.8) is 0 Å². The van der Waals surface area contributed by atoms with Gasteiger partial charge in [-0.25, -0.2) is 9.97 Å². The molecule has 1 heterocycles. The summed E-state index contributed by atoms with van der Waals surface area (Å²) in [5.74, 6) is 3.73. The van der Waals surface area contributed by atoms with Gasteiger partial charge in [-0.2, -0.15) is 0 Å². The third kappa shape index (κ3) is 3.37. The standard InChI is InChI=1S/C15H26N4/c1-5-6-13-18-14(16-4)11(3)15(19-13)17-12-8-7-10(2)9-12/h10,12H,5-9H2,1-4H3,(H2,16,17,18,19). The monoisotopic (exact) mass is 262 g/mol. The first-order valence-corrected chi connectivity index (χ1v) is 7.45. The smallest absolute Gasteiger partial charge is 0.134 e. The van der Waals surface area contributed by atoms with Gasteiger partial charge in [0.2, 0.25) is 0 Å². The highest BCUT2D eigenvalue weighted by Gasteiger charge is 2.22. The van der Waals surface area contributed by atoms with Crippen molar-refractivity contribution in [1.29, 1.82) is 0 Å². The van der Waals surface area contributed by atoms with Crippen LogP contribution in [0.3, 0.4) is 0 Å². The zero-order valence-corrected chi connectivity index (χ0v) is 12.6. The summed E-state index contributed by atoms with van der Waals surface area (Å²) in [6.45, 7) is 6.58. The molecule has 0 aliphatic heterocycles. The molecule has 2 unspecified atom stereocenters. The minimum atomic E-state index is 0.572. The number of aryl methyl sites for hydroxylation is 1. The van der Waals surface area contributed by atoms with Gasteiger partial charge in [0, 0.05) is 25.1 Å². The molecule has 4 heteroatoms. The lowest BCUT2D eigenvalue weighted by atomic mass is 10.1. The zero-order chi connectivity index (χ0) is 13.8. The summed E-state index contributed by atoms with van der Waals surface area (Å²) >= 11 is 0. The third-order valence-corrected chi connectivity index (χ3v) is 3.94. The van der Waals surface area contributed by atoms with Crippen LogP contribution < -0.4 is 10.6 Å². The van der Waals surface area contributed by atoms with Crippen molar-refractivity contribution in [3.05, 3.63) is 11.4 Å². The van der Waals surface area contributed by atoms with Gasteiger partial charge in [0.25, 0.3) is 0 Å². The predicted octanol–water partition coefficient (Wildman–Crippen LogP) is 3.38. The molecule has 0 amide bonds. The van der Waals surface area contributed by atoms with Crippen molar-refractivity contribution >= 4 is 11.6 Å². The van der Waals surface area contributed by atoms with Crippen LogP contribution in [0.15, 0.2) is 0 Å². The number of aromatic nitrogens is 2. The van der Waals surface area contributed by atoms with Gasteiger partial charge in [-0.15, -0.1) is 0 Å². The van der Waals surface area contributed by atoms with Crippen LogP contribution in [0.4, 0.5) is 11.6 Å². The molecule has 106 valence electrons. The van der Waals surface area contributed by atoms with E-state index in [1.165, 1.54) is 19.3 Å². The summed E-state index contributed by atoms with van der Waals surface area (Å²) in [5, 5.41) is 6.80. The van der Waals surface area contributed by atoms with E-state index in [1.54, 1.807) is 0 Å². The number of anilines is 2. The van der Waals surface area contributed by atoms with Gasteiger partial charge < -0.3 is 10.6 Å². The first kappa shape index (κ1) is 14.1. The van der Waals surface area contributed by atoms with Crippen LogP contribution in [0, 0.1) is 12.8 Å².